The van der Waals surface area contributed by atoms with Crippen LogP contribution in [0.3, 0.4) is 0 Å². The van der Waals surface area contributed by atoms with E-state index in [1.165, 1.54) is 11.3 Å². The van der Waals surface area contributed by atoms with Crippen LogP contribution >= 0.6 is 11.3 Å². The summed E-state index contributed by atoms with van der Waals surface area (Å²) in [5.41, 5.74) is 1.68. The highest BCUT2D eigenvalue weighted by Gasteiger charge is 2.39. The first kappa shape index (κ1) is 17.6. The highest BCUT2D eigenvalue weighted by molar-refractivity contribution is 7.90. The number of aromatic nitrogens is 1. The molecule has 3 aromatic rings. The Morgan fingerprint density at radius 2 is 1.84 bits per heavy atom. The number of aromatic amines is 1. The van der Waals surface area contributed by atoms with Crippen molar-refractivity contribution < 1.29 is 13.2 Å². The molecule has 0 saturated carbocycles. The molecule has 25 heavy (non-hydrogen) atoms. The first-order chi connectivity index (χ1) is 11.8. The number of sulfonamides is 1. The molecule has 5 nitrogen and oxygen atoms in total. The molecule has 0 fully saturated rings. The lowest BCUT2D eigenvalue weighted by Gasteiger charge is -2.27. The van der Waals surface area contributed by atoms with E-state index in [-0.39, 0.29) is 12.2 Å². The number of nitrogens with one attached hydrogen (secondary N) is 1. The maximum absolute atomic E-state index is 12.4. The van der Waals surface area contributed by atoms with E-state index in [0.29, 0.717) is 21.8 Å². The second-order valence-electron chi connectivity index (χ2n) is 6.02. The van der Waals surface area contributed by atoms with Crippen LogP contribution in [0.25, 0.3) is 0 Å². The molecule has 130 valence electrons. The summed E-state index contributed by atoms with van der Waals surface area (Å²) in [5.74, 6) is -0.113. The Balaban J connectivity index is 1.93. The van der Waals surface area contributed by atoms with E-state index in [2.05, 4.69) is 4.98 Å². The van der Waals surface area contributed by atoms with Gasteiger partial charge >= 0.3 is 0 Å². The number of rotatable bonds is 6. The third kappa shape index (κ3) is 3.44. The summed E-state index contributed by atoms with van der Waals surface area (Å²) < 4.78 is 23.3. The van der Waals surface area contributed by atoms with Crippen LogP contribution in [-0.4, -0.2) is 19.2 Å². The third-order valence-corrected chi connectivity index (χ3v) is 6.78. The van der Waals surface area contributed by atoms with Crippen molar-refractivity contribution in [3.05, 3.63) is 81.8 Å². The fourth-order valence-electron chi connectivity index (χ4n) is 2.74. The lowest BCUT2D eigenvalue weighted by atomic mass is 9.95. The van der Waals surface area contributed by atoms with Crippen LogP contribution in [0.5, 0.6) is 0 Å². The van der Waals surface area contributed by atoms with Crippen molar-refractivity contribution >= 4 is 27.1 Å². The van der Waals surface area contributed by atoms with Gasteiger partial charge in [-0.2, -0.15) is 0 Å². The average Bonchev–Trinajstić information content (AvgIpc) is 3.26. The van der Waals surface area contributed by atoms with E-state index in [1.807, 2.05) is 17.5 Å². The third-order valence-electron chi connectivity index (χ3n) is 4.28. The second-order valence-corrected chi connectivity index (χ2v) is 8.96. The van der Waals surface area contributed by atoms with E-state index >= 15 is 0 Å². The summed E-state index contributed by atoms with van der Waals surface area (Å²) in [6.45, 7) is 1.60. The van der Waals surface area contributed by atoms with E-state index in [9.17, 15) is 13.2 Å². The predicted molar refractivity (Wildman–Crippen MR) is 99.1 cm³/mol. The fourth-order valence-corrected chi connectivity index (χ4v) is 4.24. The van der Waals surface area contributed by atoms with Gasteiger partial charge in [0.25, 0.3) is 0 Å². The number of hydrogen-bond donors (Lipinski definition) is 2. The molecule has 1 unspecified atom stereocenters. The molecule has 0 aliphatic heterocycles. The minimum absolute atomic E-state index is 0.113. The quantitative estimate of drug-likeness (QED) is 0.650. The second kappa shape index (κ2) is 6.59. The zero-order chi connectivity index (χ0) is 18.1. The molecule has 0 aliphatic rings. The minimum atomic E-state index is -3.87. The van der Waals surface area contributed by atoms with Crippen LogP contribution in [0.15, 0.2) is 60.0 Å². The van der Waals surface area contributed by atoms with Gasteiger partial charge in [-0.1, -0.05) is 36.4 Å². The first-order valence-corrected chi connectivity index (χ1v) is 10.1. The fraction of sp³-hybridized carbons (Fsp3) is 0.167. The normalized spacial score (nSPS) is 14.2. The summed E-state index contributed by atoms with van der Waals surface area (Å²) in [6.07, 6.45) is 0.146. The van der Waals surface area contributed by atoms with Gasteiger partial charge in [0.1, 0.15) is 4.75 Å². The standard InChI is InChI=1S/C18H18N2O3S2/c1-18(25(19,22)23,13-6-3-2-4-7-13)12-14-9-10-15(20-14)17(21)16-8-5-11-24-16/h2-11,20H,12H2,1H3,(H2,19,22,23). The topological polar surface area (TPSA) is 93.0 Å². The average molecular weight is 374 g/mol. The van der Waals surface area contributed by atoms with E-state index in [1.54, 1.807) is 49.4 Å². The lowest BCUT2D eigenvalue weighted by molar-refractivity contribution is 0.103. The van der Waals surface area contributed by atoms with Crippen LogP contribution in [0.1, 0.15) is 33.5 Å². The molecule has 1 aromatic carbocycles. The van der Waals surface area contributed by atoms with Gasteiger partial charge in [-0.15, -0.1) is 11.3 Å². The van der Waals surface area contributed by atoms with Crippen LogP contribution in [0.2, 0.25) is 0 Å². The van der Waals surface area contributed by atoms with Gasteiger partial charge in [-0.25, -0.2) is 13.6 Å². The van der Waals surface area contributed by atoms with Crippen LogP contribution in [0, 0.1) is 0 Å². The molecular formula is C18H18N2O3S2. The highest BCUT2D eigenvalue weighted by Crippen LogP contribution is 2.32. The maximum Gasteiger partial charge on any atom is 0.219 e. The molecule has 7 heteroatoms. The van der Waals surface area contributed by atoms with Crippen molar-refractivity contribution in [2.45, 2.75) is 18.1 Å². The highest BCUT2D eigenvalue weighted by atomic mass is 32.2. The Morgan fingerprint density at radius 1 is 1.12 bits per heavy atom. The number of carbonyl (C=O) groups excluding carboxylic acids is 1. The summed E-state index contributed by atoms with van der Waals surface area (Å²) in [6, 6.07) is 15.8. The number of carbonyl (C=O) groups is 1. The molecule has 2 heterocycles. The summed E-state index contributed by atoms with van der Waals surface area (Å²) >= 11 is 1.36. The van der Waals surface area contributed by atoms with Crippen molar-refractivity contribution in [1.82, 2.24) is 4.98 Å². The Hall–Kier alpha value is -2.22. The molecule has 3 rings (SSSR count). The largest absolute Gasteiger partial charge is 0.356 e. The van der Waals surface area contributed by atoms with Crippen LogP contribution in [0.4, 0.5) is 0 Å². The molecule has 0 spiro atoms. The van der Waals surface area contributed by atoms with Crippen LogP contribution < -0.4 is 5.14 Å². The molecular weight excluding hydrogens is 356 g/mol. The van der Waals surface area contributed by atoms with Crippen molar-refractivity contribution in [1.29, 1.82) is 0 Å². The number of nitrogens with two attached hydrogens (primary N) is 1. The number of primary sulfonamides is 1. The molecule has 0 bridgehead atoms. The molecule has 0 saturated heterocycles. The van der Waals surface area contributed by atoms with E-state index < -0.39 is 14.8 Å². The van der Waals surface area contributed by atoms with Crippen molar-refractivity contribution in [3.8, 4) is 0 Å². The number of thiophene rings is 1. The minimum Gasteiger partial charge on any atom is -0.356 e. The Bertz CT molecular complexity index is 977. The number of ketones is 1. The number of hydrogen-bond acceptors (Lipinski definition) is 4. The van der Waals surface area contributed by atoms with Gasteiger partial charge in [0.05, 0.1) is 10.6 Å². The van der Waals surface area contributed by atoms with E-state index in [4.69, 9.17) is 5.14 Å². The van der Waals surface area contributed by atoms with Gasteiger partial charge < -0.3 is 4.98 Å². The number of H-pyrrole nitrogens is 1. The zero-order valence-corrected chi connectivity index (χ0v) is 15.2. The molecule has 0 aliphatic carbocycles. The molecule has 0 radical (unpaired) electrons. The number of benzene rings is 1. The molecule has 2 aromatic heterocycles. The van der Waals surface area contributed by atoms with Gasteiger partial charge in [0.15, 0.2) is 0 Å². The lowest BCUT2D eigenvalue weighted by Crippen LogP contribution is -2.40. The van der Waals surface area contributed by atoms with Crippen LogP contribution in [-0.2, 0) is 21.2 Å². The summed E-state index contributed by atoms with van der Waals surface area (Å²) in [7, 11) is -3.87. The Kier molecular flexibility index (Phi) is 4.64. The Labute approximate surface area is 150 Å². The Morgan fingerprint density at radius 3 is 2.44 bits per heavy atom. The van der Waals surface area contributed by atoms with Gasteiger partial charge in [-0.05, 0) is 36.1 Å². The van der Waals surface area contributed by atoms with Gasteiger partial charge in [0.2, 0.25) is 15.8 Å². The van der Waals surface area contributed by atoms with Crippen molar-refractivity contribution in [3.63, 3.8) is 0 Å². The molecule has 3 N–H and O–H groups in total. The van der Waals surface area contributed by atoms with Gasteiger partial charge in [-0.3, -0.25) is 4.79 Å². The summed E-state index contributed by atoms with van der Waals surface area (Å²) in [5, 5.41) is 7.37. The van der Waals surface area contributed by atoms with E-state index in [0.717, 1.165) is 0 Å². The maximum atomic E-state index is 12.4. The first-order valence-electron chi connectivity index (χ1n) is 7.65. The zero-order valence-electron chi connectivity index (χ0n) is 13.6. The molecule has 1 atom stereocenters. The van der Waals surface area contributed by atoms with Crippen molar-refractivity contribution in [2.75, 3.05) is 0 Å². The SMILES string of the molecule is CC(Cc1ccc(C(=O)c2cccs2)[nH]1)(c1ccccc1)S(N)(=O)=O. The smallest absolute Gasteiger partial charge is 0.219 e. The van der Waals surface area contributed by atoms with Crippen molar-refractivity contribution in [2.24, 2.45) is 5.14 Å². The monoisotopic (exact) mass is 374 g/mol. The molecule has 0 amide bonds. The summed E-state index contributed by atoms with van der Waals surface area (Å²) in [4.78, 5) is 16.1. The predicted octanol–water partition coefficient (Wildman–Crippen LogP) is 3.05. The van der Waals surface area contributed by atoms with Gasteiger partial charge in [0, 0.05) is 12.1 Å².